The van der Waals surface area contributed by atoms with Crippen molar-refractivity contribution in [2.24, 2.45) is 5.92 Å². The number of ketones is 1. The van der Waals surface area contributed by atoms with Crippen molar-refractivity contribution in [2.45, 2.75) is 26.7 Å². The lowest BCUT2D eigenvalue weighted by atomic mass is 9.98. The molecule has 1 aliphatic rings. The molecule has 4 nitrogen and oxygen atoms in total. The van der Waals surface area contributed by atoms with Crippen molar-refractivity contribution in [3.05, 3.63) is 58.9 Å². The molecule has 3 aromatic rings. The van der Waals surface area contributed by atoms with E-state index in [1.54, 1.807) is 6.20 Å². The fourth-order valence-electron chi connectivity index (χ4n) is 4.02. The van der Waals surface area contributed by atoms with Gasteiger partial charge in [-0.25, -0.2) is 4.98 Å². The minimum atomic E-state index is 0.186. The second kappa shape index (κ2) is 7.45. The Bertz CT molecular complexity index is 969. The summed E-state index contributed by atoms with van der Waals surface area (Å²) in [6, 6.07) is 11.8. The molecule has 1 fully saturated rings. The molecule has 0 spiro atoms. The molecule has 1 aromatic carbocycles. The van der Waals surface area contributed by atoms with Crippen LogP contribution in [0.4, 0.5) is 0 Å². The molecule has 1 aliphatic heterocycles. The van der Waals surface area contributed by atoms with Gasteiger partial charge in [0.05, 0.1) is 17.1 Å². The summed E-state index contributed by atoms with van der Waals surface area (Å²) < 4.78 is 2.05. The van der Waals surface area contributed by atoms with E-state index in [1.165, 1.54) is 12.8 Å². The number of pyridine rings is 1. The molecule has 0 bridgehead atoms. The molecule has 1 saturated heterocycles. The standard InChI is InChI=1S/C22H24ClN3O/c1-15-9-11-25(12-10-15)14-20(27)22-16(2)26(19-6-4-3-5-18(19)22)21-8-7-17(23)13-24-21/h3-8,13,15H,9-12,14H2,1-2H3. The summed E-state index contributed by atoms with van der Waals surface area (Å²) >= 11 is 6.00. The molecule has 3 heterocycles. The number of fused-ring (bicyclic) bond motifs is 1. The SMILES string of the molecule is Cc1c(C(=O)CN2CCC(C)CC2)c2ccccc2n1-c1ccc(Cl)cn1. The molecule has 0 atom stereocenters. The van der Waals surface area contributed by atoms with Gasteiger partial charge in [0.1, 0.15) is 5.82 Å². The van der Waals surface area contributed by atoms with Crippen LogP contribution in [0.1, 0.15) is 35.8 Å². The maximum Gasteiger partial charge on any atom is 0.179 e. The van der Waals surface area contributed by atoms with Crippen molar-refractivity contribution < 1.29 is 4.79 Å². The molecule has 0 saturated carbocycles. The van der Waals surface area contributed by atoms with Crippen LogP contribution in [0.2, 0.25) is 5.02 Å². The molecule has 140 valence electrons. The summed E-state index contributed by atoms with van der Waals surface area (Å²) in [7, 11) is 0. The topological polar surface area (TPSA) is 38.1 Å². The Morgan fingerprint density at radius 2 is 1.93 bits per heavy atom. The van der Waals surface area contributed by atoms with Crippen LogP contribution in [-0.2, 0) is 0 Å². The van der Waals surface area contributed by atoms with Gasteiger partial charge >= 0.3 is 0 Å². The highest BCUT2D eigenvalue weighted by atomic mass is 35.5. The lowest BCUT2D eigenvalue weighted by molar-refractivity contribution is 0.0900. The summed E-state index contributed by atoms with van der Waals surface area (Å²) in [6.07, 6.45) is 3.98. The number of para-hydroxylation sites is 1. The number of aromatic nitrogens is 2. The third-order valence-corrected chi connectivity index (χ3v) is 5.80. The van der Waals surface area contributed by atoms with Gasteiger partial charge in [0.2, 0.25) is 0 Å². The van der Waals surface area contributed by atoms with E-state index in [0.717, 1.165) is 47.0 Å². The first-order chi connectivity index (χ1) is 13.0. The molecule has 27 heavy (non-hydrogen) atoms. The number of hydrogen-bond acceptors (Lipinski definition) is 3. The Morgan fingerprint density at radius 1 is 1.19 bits per heavy atom. The lowest BCUT2D eigenvalue weighted by Crippen LogP contribution is -2.36. The van der Waals surface area contributed by atoms with Crippen molar-refractivity contribution >= 4 is 28.3 Å². The molecular weight excluding hydrogens is 358 g/mol. The fourth-order valence-corrected chi connectivity index (χ4v) is 4.13. The molecule has 0 unspecified atom stereocenters. The van der Waals surface area contributed by atoms with Crippen molar-refractivity contribution in [3.8, 4) is 5.82 Å². The van der Waals surface area contributed by atoms with Gasteiger partial charge in [-0.3, -0.25) is 14.3 Å². The molecule has 0 amide bonds. The predicted octanol–water partition coefficient (Wildman–Crippen LogP) is 4.90. The van der Waals surface area contributed by atoms with Crippen LogP contribution in [0.3, 0.4) is 0 Å². The number of carbonyl (C=O) groups excluding carboxylic acids is 1. The number of rotatable bonds is 4. The van der Waals surface area contributed by atoms with Gasteiger partial charge in [-0.2, -0.15) is 0 Å². The van der Waals surface area contributed by atoms with E-state index in [9.17, 15) is 4.79 Å². The molecule has 0 radical (unpaired) electrons. The van der Waals surface area contributed by atoms with Crippen LogP contribution in [0.25, 0.3) is 16.7 Å². The Balaban J connectivity index is 1.74. The summed E-state index contributed by atoms with van der Waals surface area (Å²) in [5.41, 5.74) is 2.74. The minimum absolute atomic E-state index is 0.186. The summed E-state index contributed by atoms with van der Waals surface area (Å²) in [5.74, 6) is 1.72. The largest absolute Gasteiger partial charge is 0.298 e. The first-order valence-electron chi connectivity index (χ1n) is 9.52. The van der Waals surface area contributed by atoms with E-state index in [2.05, 4.69) is 21.4 Å². The number of nitrogens with zero attached hydrogens (tertiary/aromatic N) is 3. The van der Waals surface area contributed by atoms with E-state index in [4.69, 9.17) is 11.6 Å². The Labute approximate surface area is 164 Å². The number of benzene rings is 1. The fraction of sp³-hybridized carbons (Fsp3) is 0.364. The summed E-state index contributed by atoms with van der Waals surface area (Å²) in [6.45, 7) is 6.78. The number of piperidine rings is 1. The average Bonchev–Trinajstić information content (AvgIpc) is 2.96. The second-order valence-electron chi connectivity index (χ2n) is 7.53. The third kappa shape index (κ3) is 3.52. The highest BCUT2D eigenvalue weighted by Crippen LogP contribution is 2.29. The van der Waals surface area contributed by atoms with Crippen LogP contribution < -0.4 is 0 Å². The highest BCUT2D eigenvalue weighted by molar-refractivity contribution is 6.30. The van der Waals surface area contributed by atoms with Crippen LogP contribution in [0, 0.1) is 12.8 Å². The van der Waals surface area contributed by atoms with Gasteiger partial charge in [0.25, 0.3) is 0 Å². The van der Waals surface area contributed by atoms with E-state index < -0.39 is 0 Å². The van der Waals surface area contributed by atoms with Crippen molar-refractivity contribution in [1.29, 1.82) is 0 Å². The third-order valence-electron chi connectivity index (χ3n) is 5.57. The van der Waals surface area contributed by atoms with Crippen molar-refractivity contribution in [3.63, 3.8) is 0 Å². The van der Waals surface area contributed by atoms with Crippen LogP contribution >= 0.6 is 11.6 Å². The quantitative estimate of drug-likeness (QED) is 0.603. The van der Waals surface area contributed by atoms with Crippen LogP contribution in [0.15, 0.2) is 42.6 Å². The molecule has 4 rings (SSSR count). The van der Waals surface area contributed by atoms with Gasteiger partial charge in [0, 0.05) is 22.8 Å². The lowest BCUT2D eigenvalue weighted by Gasteiger charge is -2.29. The van der Waals surface area contributed by atoms with Gasteiger partial charge in [-0.15, -0.1) is 0 Å². The van der Waals surface area contributed by atoms with E-state index in [0.29, 0.717) is 11.6 Å². The summed E-state index contributed by atoms with van der Waals surface area (Å²) in [4.78, 5) is 20.0. The van der Waals surface area contributed by atoms with Crippen molar-refractivity contribution in [1.82, 2.24) is 14.5 Å². The Morgan fingerprint density at radius 3 is 2.63 bits per heavy atom. The highest BCUT2D eigenvalue weighted by Gasteiger charge is 2.24. The Kier molecular flexibility index (Phi) is 5.02. The van der Waals surface area contributed by atoms with Crippen LogP contribution in [-0.4, -0.2) is 39.9 Å². The first-order valence-corrected chi connectivity index (χ1v) is 9.90. The van der Waals surface area contributed by atoms with Gasteiger partial charge in [0.15, 0.2) is 5.78 Å². The molecule has 5 heteroatoms. The maximum absolute atomic E-state index is 13.2. The minimum Gasteiger partial charge on any atom is -0.298 e. The predicted molar refractivity (Wildman–Crippen MR) is 110 cm³/mol. The van der Waals surface area contributed by atoms with E-state index in [1.807, 2.05) is 43.3 Å². The van der Waals surface area contributed by atoms with Gasteiger partial charge < -0.3 is 0 Å². The van der Waals surface area contributed by atoms with E-state index >= 15 is 0 Å². The second-order valence-corrected chi connectivity index (χ2v) is 7.97. The van der Waals surface area contributed by atoms with Crippen molar-refractivity contribution in [2.75, 3.05) is 19.6 Å². The smallest absolute Gasteiger partial charge is 0.179 e. The number of Topliss-reactive ketones (excluding diaryl/α,β-unsaturated/α-hetero) is 1. The Hall–Kier alpha value is -2.17. The average molecular weight is 382 g/mol. The molecule has 0 N–H and O–H groups in total. The number of halogens is 1. The monoisotopic (exact) mass is 381 g/mol. The van der Waals surface area contributed by atoms with Gasteiger partial charge in [-0.05, 0) is 57.0 Å². The van der Waals surface area contributed by atoms with Gasteiger partial charge in [-0.1, -0.05) is 36.7 Å². The van der Waals surface area contributed by atoms with E-state index in [-0.39, 0.29) is 5.78 Å². The first kappa shape index (κ1) is 18.2. The molecular formula is C22H24ClN3O. The maximum atomic E-state index is 13.2. The number of likely N-dealkylation sites (tertiary alicyclic amines) is 1. The molecule has 2 aromatic heterocycles. The normalized spacial score (nSPS) is 16.1. The number of carbonyl (C=O) groups is 1. The zero-order valence-corrected chi connectivity index (χ0v) is 16.5. The zero-order chi connectivity index (χ0) is 19.0. The molecule has 0 aliphatic carbocycles. The summed E-state index contributed by atoms with van der Waals surface area (Å²) in [5, 5.41) is 1.59. The van der Waals surface area contributed by atoms with Crippen LogP contribution in [0.5, 0.6) is 0 Å². The number of hydrogen-bond donors (Lipinski definition) is 0. The zero-order valence-electron chi connectivity index (χ0n) is 15.8.